The molecule has 0 bridgehead atoms. The predicted octanol–water partition coefficient (Wildman–Crippen LogP) is 8.78. The summed E-state index contributed by atoms with van der Waals surface area (Å²) in [5.74, 6) is 0. The smallest absolute Gasteiger partial charge is 0.130 e. The van der Waals surface area contributed by atoms with Crippen molar-refractivity contribution >= 4 is 32.8 Å². The minimum absolute atomic E-state index is 0. The third kappa shape index (κ3) is 5.31. The summed E-state index contributed by atoms with van der Waals surface area (Å²) in [6, 6.07) is 30.9. The summed E-state index contributed by atoms with van der Waals surface area (Å²) in [4.78, 5) is 13.3. The molecule has 0 saturated heterocycles. The van der Waals surface area contributed by atoms with Gasteiger partial charge in [0.1, 0.15) is 5.58 Å². The monoisotopic (exact) mass is 698 g/mol. The predicted molar refractivity (Wildman–Crippen MR) is 159 cm³/mol. The van der Waals surface area contributed by atoms with Crippen LogP contribution in [0, 0.1) is 39.8 Å². The first-order valence-corrected chi connectivity index (χ1v) is 12.9. The molecule has 0 saturated carbocycles. The van der Waals surface area contributed by atoms with Crippen LogP contribution in [0.2, 0.25) is 0 Å². The number of nitrogens with zero attached hydrogens (tertiary/aromatic N) is 3. The molecule has 4 aromatic heterocycles. The Bertz CT molecular complexity index is 1940. The second-order valence-corrected chi connectivity index (χ2v) is 9.86. The van der Waals surface area contributed by atoms with E-state index in [0.29, 0.717) is 0 Å². The molecule has 0 spiro atoms. The molecule has 0 amide bonds. The number of hydrogen-bond donors (Lipinski definition) is 0. The Kier molecular flexibility index (Phi) is 7.88. The Labute approximate surface area is 247 Å². The van der Waals surface area contributed by atoms with Crippen molar-refractivity contribution in [3.8, 4) is 22.5 Å². The molecule has 0 unspecified atom stereocenters. The van der Waals surface area contributed by atoms with Crippen LogP contribution in [0.15, 0.2) is 95.8 Å². The number of aromatic nitrogens is 3. The third-order valence-corrected chi connectivity index (χ3v) is 6.96. The number of furan rings is 1. The normalized spacial score (nSPS) is 10.8. The van der Waals surface area contributed by atoms with Crippen LogP contribution in [0.5, 0.6) is 0 Å². The molecule has 0 N–H and O–H groups in total. The Morgan fingerprint density at radius 2 is 1.45 bits per heavy atom. The number of pyridine rings is 3. The van der Waals surface area contributed by atoms with Crippen molar-refractivity contribution in [1.82, 2.24) is 15.0 Å². The van der Waals surface area contributed by atoms with Gasteiger partial charge in [0.15, 0.2) is 0 Å². The third-order valence-electron chi connectivity index (χ3n) is 6.96. The van der Waals surface area contributed by atoms with Crippen molar-refractivity contribution in [3.63, 3.8) is 0 Å². The van der Waals surface area contributed by atoms with E-state index in [-0.39, 0.29) is 20.1 Å². The Balaban J connectivity index is 0.000000175. The van der Waals surface area contributed by atoms with Crippen molar-refractivity contribution in [3.05, 3.63) is 126 Å². The van der Waals surface area contributed by atoms with Gasteiger partial charge in [0.25, 0.3) is 0 Å². The van der Waals surface area contributed by atoms with Crippen molar-refractivity contribution in [2.45, 2.75) is 27.7 Å². The number of hydrogen-bond acceptors (Lipinski definition) is 4. The van der Waals surface area contributed by atoms with E-state index in [1.165, 1.54) is 16.7 Å². The molecule has 5 heteroatoms. The van der Waals surface area contributed by atoms with Crippen LogP contribution in [-0.4, -0.2) is 15.0 Å². The van der Waals surface area contributed by atoms with Gasteiger partial charge >= 0.3 is 0 Å². The molecule has 0 aliphatic rings. The Hall–Kier alpha value is -4.18. The summed E-state index contributed by atoms with van der Waals surface area (Å²) in [7, 11) is 0. The summed E-state index contributed by atoms with van der Waals surface area (Å²) >= 11 is 0. The topological polar surface area (TPSA) is 51.8 Å². The molecule has 4 nitrogen and oxygen atoms in total. The first-order valence-electron chi connectivity index (χ1n) is 12.9. The van der Waals surface area contributed by atoms with Crippen LogP contribution in [0.25, 0.3) is 55.4 Å². The quantitative estimate of drug-likeness (QED) is 0.170. The molecular formula is C35H27IrN3O-2. The van der Waals surface area contributed by atoms with E-state index in [1.807, 2.05) is 61.8 Å². The van der Waals surface area contributed by atoms with E-state index in [2.05, 4.69) is 78.2 Å². The molecule has 0 aliphatic heterocycles. The van der Waals surface area contributed by atoms with Gasteiger partial charge in [-0.3, -0.25) is 4.98 Å². The van der Waals surface area contributed by atoms with Crippen LogP contribution in [0.3, 0.4) is 0 Å². The zero-order valence-electron chi connectivity index (χ0n) is 22.7. The van der Waals surface area contributed by atoms with Crippen molar-refractivity contribution in [2.24, 2.45) is 0 Å². The molecule has 4 heterocycles. The summed E-state index contributed by atoms with van der Waals surface area (Å²) in [6.45, 7) is 8.27. The van der Waals surface area contributed by atoms with Gasteiger partial charge in [0.2, 0.25) is 0 Å². The maximum atomic E-state index is 6.27. The van der Waals surface area contributed by atoms with Crippen molar-refractivity contribution in [1.29, 1.82) is 0 Å². The molecule has 199 valence electrons. The zero-order valence-corrected chi connectivity index (χ0v) is 25.1. The number of fused-ring (bicyclic) bond motifs is 5. The van der Waals surface area contributed by atoms with Gasteiger partial charge in [0.05, 0.1) is 11.1 Å². The molecule has 3 aromatic carbocycles. The largest absolute Gasteiger partial charge is 0.500 e. The average Bonchev–Trinajstić information content (AvgIpc) is 3.35. The van der Waals surface area contributed by atoms with Gasteiger partial charge in [-0.15, -0.1) is 53.6 Å². The second-order valence-electron chi connectivity index (χ2n) is 9.86. The summed E-state index contributed by atoms with van der Waals surface area (Å²) in [6.07, 6.45) is 5.58. The molecule has 7 aromatic rings. The van der Waals surface area contributed by atoms with Crippen LogP contribution in [0.4, 0.5) is 0 Å². The number of benzene rings is 3. The first-order chi connectivity index (χ1) is 19.0. The van der Waals surface area contributed by atoms with Gasteiger partial charge in [-0.2, -0.15) is 0 Å². The summed E-state index contributed by atoms with van der Waals surface area (Å²) in [5.41, 5.74) is 11.3. The molecule has 0 fully saturated rings. The Morgan fingerprint density at radius 1 is 0.650 bits per heavy atom. The fourth-order valence-corrected chi connectivity index (χ4v) is 4.59. The maximum Gasteiger partial charge on any atom is 0.130 e. The second kappa shape index (κ2) is 11.5. The minimum atomic E-state index is 0. The fraction of sp³-hybridized carbons (Fsp3) is 0.114. The molecule has 7 rings (SSSR count). The van der Waals surface area contributed by atoms with Crippen LogP contribution in [-0.2, 0) is 20.1 Å². The van der Waals surface area contributed by atoms with Gasteiger partial charge in [-0.05, 0) is 67.6 Å². The van der Waals surface area contributed by atoms with E-state index in [1.54, 1.807) is 6.20 Å². The SMILES string of the molecule is Cc1c[c-]c(-c2cc(C)c(C)cn2)cc1.Cc1ccc(-c2[c-]ccc3c2oc2c4cccnc4ccc32)nc1.[Ir]. The van der Waals surface area contributed by atoms with Crippen LogP contribution in [0.1, 0.15) is 22.3 Å². The summed E-state index contributed by atoms with van der Waals surface area (Å²) in [5, 5.41) is 3.19. The standard InChI is InChI=1S/C21H13N2O.C14H14N.Ir/c1-13-7-9-19(23-12-13)16-5-2-4-14-15-8-10-18-17(6-3-11-22-18)21(15)24-20(14)16;1-10-4-6-13(7-5-10)14-8-11(2)12(3)9-15-14;/h2-4,6-12H,1H3;4-6,8-9H,1-3H3;/q2*-1;. The minimum Gasteiger partial charge on any atom is -0.500 e. The zero-order chi connectivity index (χ0) is 26.9. The van der Waals surface area contributed by atoms with Crippen LogP contribution >= 0.6 is 0 Å². The summed E-state index contributed by atoms with van der Waals surface area (Å²) < 4.78 is 6.27. The number of rotatable bonds is 2. The fourth-order valence-electron chi connectivity index (χ4n) is 4.59. The number of aryl methyl sites for hydroxylation is 4. The van der Waals surface area contributed by atoms with Crippen molar-refractivity contribution in [2.75, 3.05) is 0 Å². The van der Waals surface area contributed by atoms with Crippen molar-refractivity contribution < 1.29 is 24.5 Å². The van der Waals surface area contributed by atoms with Gasteiger partial charge < -0.3 is 14.4 Å². The van der Waals surface area contributed by atoms with E-state index in [9.17, 15) is 0 Å². The molecular weight excluding hydrogens is 671 g/mol. The molecule has 0 aliphatic carbocycles. The molecule has 40 heavy (non-hydrogen) atoms. The first kappa shape index (κ1) is 27.4. The van der Waals surface area contributed by atoms with E-state index < -0.39 is 0 Å². The van der Waals surface area contributed by atoms with Gasteiger partial charge in [-0.1, -0.05) is 41.6 Å². The van der Waals surface area contributed by atoms with Gasteiger partial charge in [0, 0.05) is 49.5 Å². The maximum absolute atomic E-state index is 6.27. The average molecular weight is 698 g/mol. The van der Waals surface area contributed by atoms with E-state index in [0.717, 1.165) is 60.9 Å². The molecule has 1 radical (unpaired) electrons. The van der Waals surface area contributed by atoms with E-state index >= 15 is 0 Å². The Morgan fingerprint density at radius 3 is 2.20 bits per heavy atom. The van der Waals surface area contributed by atoms with E-state index in [4.69, 9.17) is 4.42 Å². The van der Waals surface area contributed by atoms with Crippen LogP contribution < -0.4 is 0 Å². The molecule has 0 atom stereocenters. The van der Waals surface area contributed by atoms with Gasteiger partial charge in [-0.25, -0.2) is 0 Å².